The molecule has 2 saturated carbocycles. The molecule has 2 fully saturated rings. The van der Waals surface area contributed by atoms with Gasteiger partial charge in [-0.2, -0.15) is 0 Å². The Morgan fingerprint density at radius 2 is 1.40 bits per heavy atom. The summed E-state index contributed by atoms with van der Waals surface area (Å²) in [6.07, 6.45) is 8.79. The number of hydrogen-bond donors (Lipinski definition) is 2. The van der Waals surface area contributed by atoms with Crippen molar-refractivity contribution < 1.29 is 10.2 Å². The fourth-order valence-corrected chi connectivity index (χ4v) is 3.69. The van der Waals surface area contributed by atoms with Crippen LogP contribution >= 0.6 is 0 Å². The topological polar surface area (TPSA) is 40.5 Å². The first kappa shape index (κ1) is 11.4. The summed E-state index contributed by atoms with van der Waals surface area (Å²) in [5, 5.41) is 18.1. The third kappa shape index (κ3) is 2.73. The summed E-state index contributed by atoms with van der Waals surface area (Å²) in [7, 11) is 0. The van der Waals surface area contributed by atoms with Crippen molar-refractivity contribution in [3.05, 3.63) is 0 Å². The number of fused-ring (bicyclic) bond motifs is 1. The lowest BCUT2D eigenvalue weighted by Crippen LogP contribution is -2.32. The van der Waals surface area contributed by atoms with E-state index >= 15 is 0 Å². The van der Waals surface area contributed by atoms with Crippen LogP contribution in [-0.2, 0) is 0 Å². The van der Waals surface area contributed by atoms with E-state index < -0.39 is 0 Å². The molecule has 0 amide bonds. The molecule has 2 nitrogen and oxygen atoms in total. The van der Waals surface area contributed by atoms with Gasteiger partial charge in [0, 0.05) is 13.2 Å². The first-order valence-corrected chi connectivity index (χ1v) is 6.55. The summed E-state index contributed by atoms with van der Waals surface area (Å²) in [6.45, 7) is 0.755. The fraction of sp³-hybridized carbons (Fsp3) is 1.00. The molecule has 0 aliphatic heterocycles. The molecule has 0 radical (unpaired) electrons. The van der Waals surface area contributed by atoms with E-state index in [9.17, 15) is 5.11 Å². The lowest BCUT2D eigenvalue weighted by atomic mass is 9.64. The Morgan fingerprint density at radius 1 is 0.800 bits per heavy atom. The minimum atomic E-state index is 0.362. The lowest BCUT2D eigenvalue weighted by Gasteiger charge is -2.41. The first-order chi connectivity index (χ1) is 7.33. The zero-order chi connectivity index (χ0) is 10.7. The molecule has 0 saturated heterocycles. The molecule has 0 aromatic carbocycles. The Bertz CT molecular complexity index is 193. The minimum Gasteiger partial charge on any atom is -0.396 e. The molecule has 2 aliphatic rings. The predicted molar refractivity (Wildman–Crippen MR) is 60.5 cm³/mol. The predicted octanol–water partition coefficient (Wildman–Crippen LogP) is 2.19. The van der Waals surface area contributed by atoms with Crippen LogP contribution in [0.3, 0.4) is 0 Å². The van der Waals surface area contributed by atoms with E-state index in [1.54, 1.807) is 0 Å². The minimum absolute atomic E-state index is 0.362. The maximum Gasteiger partial charge on any atom is 0.0459 e. The van der Waals surface area contributed by atoms with Crippen molar-refractivity contribution in [2.75, 3.05) is 13.2 Å². The molecule has 88 valence electrons. The number of rotatable bonds is 3. The Balaban J connectivity index is 1.83. The summed E-state index contributed by atoms with van der Waals surface area (Å²) >= 11 is 0. The molecule has 0 aromatic heterocycles. The van der Waals surface area contributed by atoms with Crippen LogP contribution in [0.15, 0.2) is 0 Å². The molecule has 4 atom stereocenters. The van der Waals surface area contributed by atoms with Gasteiger partial charge in [0.25, 0.3) is 0 Å². The highest BCUT2D eigenvalue weighted by Crippen LogP contribution is 2.45. The fourth-order valence-electron chi connectivity index (χ4n) is 3.69. The monoisotopic (exact) mass is 212 g/mol. The maximum absolute atomic E-state index is 9.18. The second-order valence-corrected chi connectivity index (χ2v) is 5.57. The third-order valence-electron chi connectivity index (χ3n) is 4.63. The van der Waals surface area contributed by atoms with Gasteiger partial charge in [-0.25, -0.2) is 0 Å². The molecule has 2 rings (SSSR count). The zero-order valence-corrected chi connectivity index (χ0v) is 9.57. The molecule has 0 bridgehead atoms. The highest BCUT2D eigenvalue weighted by atomic mass is 16.3. The van der Waals surface area contributed by atoms with E-state index in [1.807, 2.05) is 0 Å². The summed E-state index contributed by atoms with van der Waals surface area (Å²) in [6, 6.07) is 0. The molecular formula is C13H24O2. The van der Waals surface area contributed by atoms with Crippen LogP contribution in [0.1, 0.15) is 44.9 Å². The van der Waals surface area contributed by atoms with E-state index in [1.165, 1.54) is 38.5 Å². The van der Waals surface area contributed by atoms with Gasteiger partial charge in [0.2, 0.25) is 0 Å². The molecule has 4 unspecified atom stereocenters. The maximum atomic E-state index is 9.18. The van der Waals surface area contributed by atoms with Crippen molar-refractivity contribution in [3.63, 3.8) is 0 Å². The van der Waals surface area contributed by atoms with Gasteiger partial charge >= 0.3 is 0 Å². The highest BCUT2D eigenvalue weighted by molar-refractivity contribution is 4.85. The third-order valence-corrected chi connectivity index (χ3v) is 4.63. The van der Waals surface area contributed by atoms with Crippen LogP contribution in [0.25, 0.3) is 0 Å². The average molecular weight is 212 g/mol. The standard InChI is InChI=1S/C13H24O2/c14-6-5-10-1-3-13-8-11(9-15)2-4-12(13)7-10/h10-15H,1-9H2. The van der Waals surface area contributed by atoms with Gasteiger partial charge in [-0.1, -0.05) is 6.42 Å². The quantitative estimate of drug-likeness (QED) is 0.753. The highest BCUT2D eigenvalue weighted by Gasteiger charge is 2.34. The molecule has 0 heterocycles. The summed E-state index contributed by atoms with van der Waals surface area (Å²) in [5.74, 6) is 3.14. The van der Waals surface area contributed by atoms with E-state index in [4.69, 9.17) is 5.11 Å². The molecular weight excluding hydrogens is 188 g/mol. The molecule has 2 heteroatoms. The van der Waals surface area contributed by atoms with E-state index in [0.717, 1.165) is 24.2 Å². The zero-order valence-electron chi connectivity index (χ0n) is 9.57. The summed E-state index contributed by atoms with van der Waals surface area (Å²) < 4.78 is 0. The number of hydrogen-bond acceptors (Lipinski definition) is 2. The number of aliphatic hydroxyl groups excluding tert-OH is 2. The Labute approximate surface area is 92.7 Å². The second kappa shape index (κ2) is 5.31. The van der Waals surface area contributed by atoms with E-state index in [0.29, 0.717) is 19.1 Å². The van der Waals surface area contributed by atoms with Crippen LogP contribution in [0, 0.1) is 23.7 Å². The van der Waals surface area contributed by atoms with Crippen molar-refractivity contribution >= 4 is 0 Å². The summed E-state index contributed by atoms with van der Waals surface area (Å²) in [4.78, 5) is 0. The molecule has 0 spiro atoms. The lowest BCUT2D eigenvalue weighted by molar-refractivity contribution is 0.0652. The van der Waals surface area contributed by atoms with Crippen LogP contribution in [0.2, 0.25) is 0 Å². The molecule has 2 N–H and O–H groups in total. The van der Waals surface area contributed by atoms with E-state index in [2.05, 4.69) is 0 Å². The van der Waals surface area contributed by atoms with Crippen molar-refractivity contribution in [2.24, 2.45) is 23.7 Å². The Hall–Kier alpha value is -0.0800. The molecule has 0 aromatic rings. The summed E-state index contributed by atoms with van der Waals surface area (Å²) in [5.41, 5.74) is 0. The molecule has 15 heavy (non-hydrogen) atoms. The van der Waals surface area contributed by atoms with Gasteiger partial charge in [0.1, 0.15) is 0 Å². The van der Waals surface area contributed by atoms with Crippen molar-refractivity contribution in [2.45, 2.75) is 44.9 Å². The van der Waals surface area contributed by atoms with Crippen molar-refractivity contribution in [3.8, 4) is 0 Å². The van der Waals surface area contributed by atoms with Gasteiger partial charge in [0.15, 0.2) is 0 Å². The first-order valence-electron chi connectivity index (χ1n) is 6.55. The van der Waals surface area contributed by atoms with Crippen LogP contribution in [-0.4, -0.2) is 23.4 Å². The van der Waals surface area contributed by atoms with Gasteiger partial charge < -0.3 is 10.2 Å². The van der Waals surface area contributed by atoms with Crippen molar-refractivity contribution in [1.29, 1.82) is 0 Å². The average Bonchev–Trinajstić information content (AvgIpc) is 2.29. The number of aliphatic hydroxyl groups is 2. The second-order valence-electron chi connectivity index (χ2n) is 5.57. The molecule has 2 aliphatic carbocycles. The van der Waals surface area contributed by atoms with Crippen molar-refractivity contribution in [1.82, 2.24) is 0 Å². The van der Waals surface area contributed by atoms with Gasteiger partial charge in [0.05, 0.1) is 0 Å². The largest absolute Gasteiger partial charge is 0.396 e. The van der Waals surface area contributed by atoms with E-state index in [-0.39, 0.29) is 0 Å². The van der Waals surface area contributed by atoms with Crippen LogP contribution < -0.4 is 0 Å². The Kier molecular flexibility index (Phi) is 4.04. The van der Waals surface area contributed by atoms with Gasteiger partial charge in [-0.3, -0.25) is 0 Å². The SMILES string of the molecule is OCCC1CCC2CC(CO)CCC2C1. The Morgan fingerprint density at radius 3 is 2.00 bits per heavy atom. The normalized spacial score (nSPS) is 41.2. The van der Waals surface area contributed by atoms with Gasteiger partial charge in [-0.05, 0) is 62.2 Å². The van der Waals surface area contributed by atoms with Gasteiger partial charge in [-0.15, -0.1) is 0 Å². The van der Waals surface area contributed by atoms with Crippen LogP contribution in [0.4, 0.5) is 0 Å². The smallest absolute Gasteiger partial charge is 0.0459 e. The van der Waals surface area contributed by atoms with Crippen LogP contribution in [0.5, 0.6) is 0 Å².